The zero-order valence-electron chi connectivity index (χ0n) is 17.3. The van der Waals surface area contributed by atoms with Crippen molar-refractivity contribution >= 4 is 11.6 Å². The number of aliphatic hydroxyl groups is 1. The molecule has 1 amide bonds. The minimum absolute atomic E-state index is 0. The van der Waals surface area contributed by atoms with Gasteiger partial charge in [0.25, 0.3) is 0 Å². The van der Waals surface area contributed by atoms with Gasteiger partial charge in [-0.2, -0.15) is 35.9 Å². The van der Waals surface area contributed by atoms with Crippen LogP contribution in [0.4, 0.5) is 5.69 Å². The molecule has 4 rings (SSSR count). The van der Waals surface area contributed by atoms with Gasteiger partial charge in [0.1, 0.15) is 0 Å². The average molecular weight is 465 g/mol. The quantitative estimate of drug-likeness (QED) is 0.597. The Hall–Kier alpha value is -1.03. The van der Waals surface area contributed by atoms with Crippen molar-refractivity contribution < 1.29 is 42.6 Å². The predicted molar refractivity (Wildman–Crippen MR) is 112 cm³/mol. The number of rotatable bonds is 7. The van der Waals surface area contributed by atoms with Crippen molar-refractivity contribution in [3.05, 3.63) is 65.7 Å². The van der Waals surface area contributed by atoms with E-state index >= 15 is 0 Å². The number of anilines is 1. The number of hydrogen-bond donors (Lipinski definition) is 1. The molecule has 0 aromatic heterocycles. The summed E-state index contributed by atoms with van der Waals surface area (Å²) in [5.74, 6) is 0.236. The fraction of sp³-hybridized carbons (Fsp3) is 0.480. The SMILES string of the molecule is CCC(O)C1(c2ccc(N3C(=O)CCCC3CCc3cc[c-]cc3)cc2)CC1.[Y]. The number of nitrogens with zero attached hydrogens (tertiary/aromatic N) is 1. The third-order valence-corrected chi connectivity index (χ3v) is 6.65. The fourth-order valence-corrected chi connectivity index (χ4v) is 4.79. The maximum atomic E-state index is 12.7. The summed E-state index contributed by atoms with van der Waals surface area (Å²) in [5, 5.41) is 10.4. The molecule has 1 aliphatic heterocycles. The molecule has 2 aromatic rings. The zero-order valence-corrected chi connectivity index (χ0v) is 20.1. The van der Waals surface area contributed by atoms with Crippen molar-refractivity contribution in [3.63, 3.8) is 0 Å². The molecule has 151 valence electrons. The van der Waals surface area contributed by atoms with E-state index in [4.69, 9.17) is 0 Å². The van der Waals surface area contributed by atoms with Gasteiger partial charge in [0.15, 0.2) is 0 Å². The summed E-state index contributed by atoms with van der Waals surface area (Å²) in [5.41, 5.74) is 3.47. The molecule has 29 heavy (non-hydrogen) atoms. The Bertz CT molecular complexity index is 801. The number of piperidine rings is 1. The molecule has 2 unspecified atom stereocenters. The van der Waals surface area contributed by atoms with Gasteiger partial charge in [0, 0.05) is 56.3 Å². The first-order valence-corrected chi connectivity index (χ1v) is 10.7. The number of benzene rings is 2. The van der Waals surface area contributed by atoms with Crippen molar-refractivity contribution in [2.24, 2.45) is 0 Å². The van der Waals surface area contributed by atoms with Gasteiger partial charge in [-0.1, -0.05) is 19.1 Å². The van der Waals surface area contributed by atoms with Crippen molar-refractivity contribution in [1.82, 2.24) is 0 Å². The second-order valence-electron chi connectivity index (χ2n) is 8.38. The fourth-order valence-electron chi connectivity index (χ4n) is 4.79. The van der Waals surface area contributed by atoms with Gasteiger partial charge in [0.05, 0.1) is 6.10 Å². The van der Waals surface area contributed by atoms with Crippen molar-refractivity contribution in [3.8, 4) is 0 Å². The molecule has 1 radical (unpaired) electrons. The van der Waals surface area contributed by atoms with Crippen LogP contribution >= 0.6 is 0 Å². The molecule has 0 bridgehead atoms. The summed E-state index contributed by atoms with van der Waals surface area (Å²) in [6.45, 7) is 2.04. The van der Waals surface area contributed by atoms with Crippen molar-refractivity contribution in [2.75, 3.05) is 4.90 Å². The van der Waals surface area contributed by atoms with Gasteiger partial charge < -0.3 is 10.0 Å². The maximum absolute atomic E-state index is 12.7. The normalized spacial score (nSPS) is 21.4. The first-order valence-electron chi connectivity index (χ1n) is 10.7. The maximum Gasteiger partial charge on any atom is 0.227 e. The van der Waals surface area contributed by atoms with Crippen LogP contribution < -0.4 is 4.90 Å². The molecule has 2 fully saturated rings. The smallest absolute Gasteiger partial charge is 0.227 e. The van der Waals surface area contributed by atoms with Gasteiger partial charge in [0.2, 0.25) is 5.91 Å². The second-order valence-corrected chi connectivity index (χ2v) is 8.38. The topological polar surface area (TPSA) is 40.5 Å². The molecule has 2 atom stereocenters. The Kier molecular flexibility index (Phi) is 7.70. The van der Waals surface area contributed by atoms with E-state index in [2.05, 4.69) is 42.5 Å². The molecule has 1 saturated carbocycles. The number of carbonyl (C=O) groups is 1. The molecule has 1 aliphatic carbocycles. The van der Waals surface area contributed by atoms with Gasteiger partial charge in [-0.25, -0.2) is 0 Å². The van der Waals surface area contributed by atoms with Crippen molar-refractivity contribution in [2.45, 2.75) is 75.9 Å². The number of aliphatic hydroxyl groups excluding tert-OH is 1. The predicted octanol–water partition coefficient (Wildman–Crippen LogP) is 4.81. The van der Waals surface area contributed by atoms with E-state index in [9.17, 15) is 9.90 Å². The molecular weight excluding hydrogens is 435 g/mol. The summed E-state index contributed by atoms with van der Waals surface area (Å²) < 4.78 is 0. The largest absolute Gasteiger partial charge is 0.392 e. The standard InChI is InChI=1S/C25H30NO2.Y/c1-2-23(27)25(17-18-25)20-12-15-22(16-13-20)26-21(9-6-10-24(26)28)14-11-19-7-4-3-5-8-19;/h4-5,7-8,12-13,15-16,21,23,27H,2,6,9-11,14,17-18H2,1H3;/q-1;. The van der Waals surface area contributed by atoms with E-state index in [1.54, 1.807) is 0 Å². The van der Waals surface area contributed by atoms with E-state index in [1.807, 2.05) is 24.0 Å². The van der Waals surface area contributed by atoms with Crippen LogP contribution in [0.2, 0.25) is 0 Å². The minimum atomic E-state index is -0.272. The average Bonchev–Trinajstić information content (AvgIpc) is 3.55. The summed E-state index contributed by atoms with van der Waals surface area (Å²) in [6, 6.07) is 19.9. The first-order chi connectivity index (χ1) is 13.6. The second kappa shape index (κ2) is 9.85. The van der Waals surface area contributed by atoms with Crippen LogP contribution in [0.3, 0.4) is 0 Å². The Morgan fingerprint density at radius 1 is 1.17 bits per heavy atom. The summed E-state index contributed by atoms with van der Waals surface area (Å²) in [4.78, 5) is 14.8. The third kappa shape index (κ3) is 4.84. The van der Waals surface area contributed by atoms with Crippen LogP contribution in [0.5, 0.6) is 0 Å². The van der Waals surface area contributed by atoms with Crippen molar-refractivity contribution in [1.29, 1.82) is 0 Å². The number of hydrogen-bond acceptors (Lipinski definition) is 2. The van der Waals surface area contributed by atoms with E-state index in [-0.39, 0.29) is 56.2 Å². The Morgan fingerprint density at radius 2 is 1.86 bits per heavy atom. The zero-order chi connectivity index (χ0) is 19.6. The van der Waals surface area contributed by atoms with Gasteiger partial charge in [-0.15, -0.1) is 0 Å². The van der Waals surface area contributed by atoms with Gasteiger partial charge in [-0.3, -0.25) is 4.79 Å². The Morgan fingerprint density at radius 3 is 2.48 bits per heavy atom. The number of amides is 1. The first kappa shape index (κ1) is 22.7. The van der Waals surface area contributed by atoms with E-state index < -0.39 is 0 Å². The monoisotopic (exact) mass is 465 g/mol. The molecular formula is C25H30NO2Y-. The van der Waals surface area contributed by atoms with Crippen LogP contribution in [-0.4, -0.2) is 23.2 Å². The van der Waals surface area contributed by atoms with Gasteiger partial charge in [-0.05, 0) is 62.6 Å². The molecule has 4 heteroatoms. The molecule has 1 heterocycles. The van der Waals surface area contributed by atoms with Crippen LogP contribution in [-0.2, 0) is 49.3 Å². The number of carbonyl (C=O) groups excluding carboxylic acids is 1. The molecule has 0 spiro atoms. The van der Waals surface area contributed by atoms with E-state index in [1.165, 1.54) is 11.1 Å². The molecule has 1 saturated heterocycles. The Labute approximate surface area is 199 Å². The minimum Gasteiger partial charge on any atom is -0.392 e. The molecule has 3 nitrogen and oxygen atoms in total. The van der Waals surface area contributed by atoms with Crippen LogP contribution in [0.15, 0.2) is 48.5 Å². The molecule has 1 N–H and O–H groups in total. The number of aryl methyl sites for hydroxylation is 1. The summed E-state index contributed by atoms with van der Waals surface area (Å²) >= 11 is 0. The van der Waals surface area contributed by atoms with Crippen LogP contribution in [0.25, 0.3) is 0 Å². The molecule has 2 aromatic carbocycles. The van der Waals surface area contributed by atoms with E-state index in [0.717, 1.165) is 50.6 Å². The van der Waals surface area contributed by atoms with Crippen LogP contribution in [0, 0.1) is 6.07 Å². The van der Waals surface area contributed by atoms with Crippen LogP contribution in [0.1, 0.15) is 63.0 Å². The molecule has 2 aliphatic rings. The third-order valence-electron chi connectivity index (χ3n) is 6.65. The van der Waals surface area contributed by atoms with E-state index in [0.29, 0.717) is 6.42 Å². The van der Waals surface area contributed by atoms with Gasteiger partial charge >= 0.3 is 0 Å². The summed E-state index contributed by atoms with van der Waals surface area (Å²) in [6.07, 6.45) is 7.26. The summed E-state index contributed by atoms with van der Waals surface area (Å²) in [7, 11) is 0. The Balaban J connectivity index is 0.00000240.